The molecule has 1 aromatic rings. The van der Waals surface area contributed by atoms with Crippen LogP contribution < -0.4 is 19.5 Å². The summed E-state index contributed by atoms with van der Waals surface area (Å²) in [5.74, 6) is 1.09. The number of carbonyl (C=O) groups excluding carboxylic acids is 1. The minimum absolute atomic E-state index is 0.210. The first-order chi connectivity index (χ1) is 10.7. The molecule has 0 saturated heterocycles. The van der Waals surface area contributed by atoms with Gasteiger partial charge in [-0.3, -0.25) is 4.79 Å². The molecule has 0 saturated carbocycles. The summed E-state index contributed by atoms with van der Waals surface area (Å²) in [6.45, 7) is 0.493. The Labute approximate surface area is 130 Å². The second kappa shape index (κ2) is 7.54. The summed E-state index contributed by atoms with van der Waals surface area (Å²) in [7, 11) is 4.55. The molecule has 0 spiro atoms. The van der Waals surface area contributed by atoms with Crippen molar-refractivity contribution >= 4 is 5.91 Å². The predicted octanol–water partition coefficient (Wildman–Crippen LogP) is 2.72. The highest BCUT2D eigenvalue weighted by molar-refractivity contribution is 5.98. The molecule has 0 fully saturated rings. The molecule has 0 radical (unpaired) electrons. The molecule has 5 heteroatoms. The van der Waals surface area contributed by atoms with Crippen LogP contribution in [0.15, 0.2) is 35.9 Å². The van der Waals surface area contributed by atoms with Gasteiger partial charge in [-0.2, -0.15) is 0 Å². The molecule has 1 aliphatic carbocycles. The quantitative estimate of drug-likeness (QED) is 0.878. The number of hydrogen-bond acceptors (Lipinski definition) is 4. The lowest BCUT2D eigenvalue weighted by molar-refractivity contribution is 0.0953. The molecule has 1 aromatic carbocycles. The first kappa shape index (κ1) is 15.9. The van der Waals surface area contributed by atoms with Crippen molar-refractivity contribution in [1.29, 1.82) is 0 Å². The van der Waals surface area contributed by atoms with Crippen molar-refractivity contribution in [3.63, 3.8) is 0 Å². The Morgan fingerprint density at radius 2 is 1.86 bits per heavy atom. The highest BCUT2D eigenvalue weighted by atomic mass is 16.5. The van der Waals surface area contributed by atoms with Gasteiger partial charge in [0.2, 0.25) is 5.75 Å². The Hall–Kier alpha value is -2.43. The number of nitrogens with one attached hydrogen (secondary N) is 1. The zero-order valence-electron chi connectivity index (χ0n) is 13.1. The third kappa shape index (κ3) is 3.42. The Morgan fingerprint density at radius 3 is 2.45 bits per heavy atom. The minimum atomic E-state index is -0.210. The van der Waals surface area contributed by atoms with E-state index < -0.39 is 0 Å². The largest absolute Gasteiger partial charge is 0.493 e. The van der Waals surface area contributed by atoms with Gasteiger partial charge < -0.3 is 19.5 Å². The fraction of sp³-hybridized carbons (Fsp3) is 0.353. The minimum Gasteiger partial charge on any atom is -0.493 e. The number of amides is 1. The number of hydrogen-bond donors (Lipinski definition) is 1. The molecule has 0 heterocycles. The number of rotatable bonds is 6. The van der Waals surface area contributed by atoms with E-state index in [0.29, 0.717) is 29.4 Å². The molecule has 0 unspecified atom stereocenters. The van der Waals surface area contributed by atoms with Crippen LogP contribution >= 0.6 is 0 Å². The van der Waals surface area contributed by atoms with E-state index in [0.717, 1.165) is 18.4 Å². The molecule has 1 amide bonds. The maximum atomic E-state index is 12.4. The molecular formula is C17H21NO4. The lowest BCUT2D eigenvalue weighted by atomic mass is 10.1. The van der Waals surface area contributed by atoms with Crippen molar-refractivity contribution in [3.8, 4) is 17.2 Å². The maximum Gasteiger partial charge on any atom is 0.255 e. The smallest absolute Gasteiger partial charge is 0.255 e. The first-order valence-corrected chi connectivity index (χ1v) is 7.14. The maximum absolute atomic E-state index is 12.4. The Kier molecular flexibility index (Phi) is 5.47. The molecule has 22 heavy (non-hydrogen) atoms. The second-order valence-electron chi connectivity index (χ2n) is 4.82. The van der Waals surface area contributed by atoms with Gasteiger partial charge in [-0.1, -0.05) is 18.2 Å². The summed E-state index contributed by atoms with van der Waals surface area (Å²) in [5, 5.41) is 2.90. The normalized spacial score (nSPS) is 13.3. The van der Waals surface area contributed by atoms with E-state index in [4.69, 9.17) is 14.2 Å². The molecule has 5 nitrogen and oxygen atoms in total. The van der Waals surface area contributed by atoms with Gasteiger partial charge in [-0.15, -0.1) is 0 Å². The van der Waals surface area contributed by atoms with Gasteiger partial charge in [-0.05, 0) is 30.5 Å². The average molecular weight is 303 g/mol. The molecule has 0 aromatic heterocycles. The van der Waals surface area contributed by atoms with E-state index in [9.17, 15) is 4.79 Å². The number of benzene rings is 1. The Morgan fingerprint density at radius 1 is 1.09 bits per heavy atom. The highest BCUT2D eigenvalue weighted by Crippen LogP contribution is 2.39. The van der Waals surface area contributed by atoms with Crippen LogP contribution in [0.5, 0.6) is 17.2 Å². The second-order valence-corrected chi connectivity index (χ2v) is 4.82. The van der Waals surface area contributed by atoms with Crippen molar-refractivity contribution < 1.29 is 19.0 Å². The third-order valence-electron chi connectivity index (χ3n) is 3.47. The topological polar surface area (TPSA) is 56.8 Å². The first-order valence-electron chi connectivity index (χ1n) is 7.14. The number of carbonyl (C=O) groups is 1. The van der Waals surface area contributed by atoms with Crippen molar-refractivity contribution in [3.05, 3.63) is 41.5 Å². The molecule has 0 aliphatic heterocycles. The molecule has 1 aliphatic rings. The van der Waals surface area contributed by atoms with Gasteiger partial charge in [0.05, 0.1) is 26.9 Å². The van der Waals surface area contributed by atoms with Gasteiger partial charge >= 0.3 is 0 Å². The third-order valence-corrected chi connectivity index (χ3v) is 3.47. The number of ether oxygens (including phenoxy) is 3. The highest BCUT2D eigenvalue weighted by Gasteiger charge is 2.20. The average Bonchev–Trinajstić information content (AvgIpc) is 2.58. The van der Waals surface area contributed by atoms with E-state index in [-0.39, 0.29) is 5.91 Å². The van der Waals surface area contributed by atoms with E-state index in [1.807, 2.05) is 6.08 Å². The van der Waals surface area contributed by atoms with Crippen LogP contribution in [0.3, 0.4) is 0 Å². The molecule has 2 rings (SSSR count). The zero-order chi connectivity index (χ0) is 15.9. The summed E-state index contributed by atoms with van der Waals surface area (Å²) in [4.78, 5) is 12.4. The Balaban J connectivity index is 2.18. The fourth-order valence-electron chi connectivity index (χ4n) is 2.36. The summed E-state index contributed by atoms with van der Waals surface area (Å²) in [6, 6.07) is 3.36. The molecular weight excluding hydrogens is 282 g/mol. The van der Waals surface area contributed by atoms with Gasteiger partial charge in [0, 0.05) is 6.54 Å². The van der Waals surface area contributed by atoms with Crippen LogP contribution in [-0.4, -0.2) is 33.8 Å². The van der Waals surface area contributed by atoms with Crippen molar-refractivity contribution in [1.82, 2.24) is 5.32 Å². The van der Waals surface area contributed by atoms with Gasteiger partial charge in [-0.25, -0.2) is 0 Å². The van der Waals surface area contributed by atoms with Crippen LogP contribution in [-0.2, 0) is 0 Å². The SMILES string of the molecule is COc1ccc(C(=O)NCC2=CCCC=C2)c(OC)c1OC. The summed E-state index contributed by atoms with van der Waals surface area (Å²) >= 11 is 0. The van der Waals surface area contributed by atoms with Crippen molar-refractivity contribution in [2.24, 2.45) is 0 Å². The van der Waals surface area contributed by atoms with Crippen LogP contribution in [0.1, 0.15) is 23.2 Å². The summed E-state index contributed by atoms with van der Waals surface area (Å²) in [6.07, 6.45) is 8.35. The molecule has 1 N–H and O–H groups in total. The van der Waals surface area contributed by atoms with E-state index in [1.165, 1.54) is 14.2 Å². The number of allylic oxidation sites excluding steroid dienone is 2. The zero-order valence-corrected chi connectivity index (χ0v) is 13.1. The standard InChI is InChI=1S/C17H21NO4/c1-20-14-10-9-13(15(21-2)16(14)22-3)17(19)18-11-12-7-5-4-6-8-12/h5,7-10H,4,6,11H2,1-3H3,(H,18,19). The predicted molar refractivity (Wildman–Crippen MR) is 84.9 cm³/mol. The monoisotopic (exact) mass is 303 g/mol. The summed E-state index contributed by atoms with van der Waals surface area (Å²) in [5.41, 5.74) is 1.53. The summed E-state index contributed by atoms with van der Waals surface area (Å²) < 4.78 is 15.8. The van der Waals surface area contributed by atoms with E-state index in [2.05, 4.69) is 17.5 Å². The van der Waals surface area contributed by atoms with E-state index >= 15 is 0 Å². The Bertz CT molecular complexity index is 605. The number of methoxy groups -OCH3 is 3. The molecule has 0 bridgehead atoms. The van der Waals surface area contributed by atoms with Crippen LogP contribution in [0.4, 0.5) is 0 Å². The fourth-order valence-corrected chi connectivity index (χ4v) is 2.36. The van der Waals surface area contributed by atoms with Crippen molar-refractivity contribution in [2.75, 3.05) is 27.9 Å². The van der Waals surface area contributed by atoms with E-state index in [1.54, 1.807) is 19.2 Å². The van der Waals surface area contributed by atoms with Gasteiger partial charge in [0.15, 0.2) is 11.5 Å². The van der Waals surface area contributed by atoms with Crippen LogP contribution in [0.25, 0.3) is 0 Å². The van der Waals surface area contributed by atoms with Gasteiger partial charge in [0.1, 0.15) is 0 Å². The van der Waals surface area contributed by atoms with Crippen LogP contribution in [0, 0.1) is 0 Å². The van der Waals surface area contributed by atoms with Gasteiger partial charge in [0.25, 0.3) is 5.91 Å². The van der Waals surface area contributed by atoms with Crippen LogP contribution in [0.2, 0.25) is 0 Å². The molecule has 118 valence electrons. The lowest BCUT2D eigenvalue weighted by Gasteiger charge is -2.16. The molecule has 0 atom stereocenters. The lowest BCUT2D eigenvalue weighted by Crippen LogP contribution is -2.26. The van der Waals surface area contributed by atoms with Crippen molar-refractivity contribution in [2.45, 2.75) is 12.8 Å².